The molecule has 1 N–H and O–H groups in total. The van der Waals surface area contributed by atoms with Crippen molar-refractivity contribution >= 4 is 11.8 Å². The van der Waals surface area contributed by atoms with Crippen LogP contribution in [0.15, 0.2) is 91.0 Å². The van der Waals surface area contributed by atoms with E-state index in [4.69, 9.17) is 4.74 Å². The molecular weight excluding hydrogens is 400 g/mol. The van der Waals surface area contributed by atoms with Crippen molar-refractivity contribution in [3.63, 3.8) is 0 Å². The average molecular weight is 431 g/mol. The number of nitrogens with zero attached hydrogens (tertiary/aromatic N) is 1. The lowest BCUT2D eigenvalue weighted by atomic mass is 10.0. The Morgan fingerprint density at radius 1 is 0.812 bits per heavy atom. The second-order valence-corrected chi connectivity index (χ2v) is 7.98. The second-order valence-electron chi connectivity index (χ2n) is 7.98. The Bertz CT molecular complexity index is 976. The summed E-state index contributed by atoms with van der Waals surface area (Å²) in [6.07, 6.45) is 0.420. The van der Waals surface area contributed by atoms with Gasteiger partial charge in [0.2, 0.25) is 5.91 Å². The Labute approximate surface area is 190 Å². The molecule has 0 radical (unpaired) electrons. The molecule has 0 fully saturated rings. The first-order valence-corrected chi connectivity index (χ1v) is 10.9. The fraction of sp³-hybridized carbons (Fsp3) is 0.259. The summed E-state index contributed by atoms with van der Waals surface area (Å²) in [4.78, 5) is 28.2. The number of rotatable bonds is 10. The number of ether oxygens (including phenoxy) is 1. The van der Waals surface area contributed by atoms with E-state index in [1.165, 1.54) is 0 Å². The third-order valence-corrected chi connectivity index (χ3v) is 5.00. The van der Waals surface area contributed by atoms with Gasteiger partial charge >= 0.3 is 0 Å². The van der Waals surface area contributed by atoms with Gasteiger partial charge in [-0.15, -0.1) is 0 Å². The van der Waals surface area contributed by atoms with Gasteiger partial charge < -0.3 is 15.0 Å². The average Bonchev–Trinajstić information content (AvgIpc) is 2.81. The molecule has 5 nitrogen and oxygen atoms in total. The number of hydrogen-bond donors (Lipinski definition) is 1. The molecule has 0 bridgehead atoms. The number of amides is 2. The summed E-state index contributed by atoms with van der Waals surface area (Å²) in [6, 6.07) is 28.0. The molecule has 2 amide bonds. The molecule has 0 aliphatic rings. The third kappa shape index (κ3) is 6.98. The summed E-state index contributed by atoms with van der Waals surface area (Å²) >= 11 is 0. The van der Waals surface area contributed by atoms with Crippen LogP contribution in [0.2, 0.25) is 0 Å². The van der Waals surface area contributed by atoms with Gasteiger partial charge in [-0.1, -0.05) is 78.9 Å². The van der Waals surface area contributed by atoms with Gasteiger partial charge in [-0.25, -0.2) is 0 Å². The molecule has 0 aromatic heterocycles. The number of para-hydroxylation sites is 1. The van der Waals surface area contributed by atoms with Crippen LogP contribution in [0, 0.1) is 0 Å². The van der Waals surface area contributed by atoms with Crippen LogP contribution in [0.1, 0.15) is 25.0 Å². The molecular formula is C27H30N2O3. The monoisotopic (exact) mass is 430 g/mol. The summed E-state index contributed by atoms with van der Waals surface area (Å²) in [5.41, 5.74) is 1.95. The van der Waals surface area contributed by atoms with Gasteiger partial charge in [-0.3, -0.25) is 9.59 Å². The van der Waals surface area contributed by atoms with E-state index in [9.17, 15) is 9.59 Å². The quantitative estimate of drug-likeness (QED) is 0.524. The summed E-state index contributed by atoms with van der Waals surface area (Å²) in [7, 11) is 0. The number of carbonyl (C=O) groups excluding carboxylic acids is 2. The smallest absolute Gasteiger partial charge is 0.261 e. The molecule has 0 saturated carbocycles. The van der Waals surface area contributed by atoms with E-state index in [0.717, 1.165) is 11.1 Å². The number of hydrogen-bond acceptors (Lipinski definition) is 3. The molecule has 0 unspecified atom stereocenters. The van der Waals surface area contributed by atoms with Gasteiger partial charge in [-0.2, -0.15) is 0 Å². The van der Waals surface area contributed by atoms with Gasteiger partial charge in [0.25, 0.3) is 5.91 Å². The maximum Gasteiger partial charge on any atom is 0.261 e. The molecule has 0 aliphatic heterocycles. The Kier molecular flexibility index (Phi) is 8.44. The van der Waals surface area contributed by atoms with Crippen molar-refractivity contribution in [2.24, 2.45) is 0 Å². The van der Waals surface area contributed by atoms with E-state index >= 15 is 0 Å². The third-order valence-electron chi connectivity index (χ3n) is 5.00. The summed E-state index contributed by atoms with van der Waals surface area (Å²) in [6.45, 7) is 4.01. The Hall–Kier alpha value is -3.60. The van der Waals surface area contributed by atoms with E-state index in [0.29, 0.717) is 18.7 Å². The molecule has 1 atom stereocenters. The van der Waals surface area contributed by atoms with Crippen LogP contribution >= 0.6 is 0 Å². The standard InChI is InChI=1S/C27H30N2O3/c1-21(2)28-27(31)25(18-22-12-6-3-7-13-22)29(19-23-14-8-4-9-15-23)26(30)20-32-24-16-10-5-11-17-24/h3-17,21,25H,18-20H2,1-2H3,(H,28,31)/t25-/m0/s1. The highest BCUT2D eigenvalue weighted by Crippen LogP contribution is 2.16. The number of carbonyl (C=O) groups is 2. The van der Waals surface area contributed by atoms with E-state index in [1.807, 2.05) is 105 Å². The molecule has 0 aliphatic carbocycles. The van der Waals surface area contributed by atoms with Gasteiger partial charge in [0.15, 0.2) is 6.61 Å². The largest absolute Gasteiger partial charge is 0.484 e. The fourth-order valence-corrected chi connectivity index (χ4v) is 3.46. The maximum atomic E-state index is 13.4. The molecule has 0 saturated heterocycles. The highest BCUT2D eigenvalue weighted by molar-refractivity contribution is 5.88. The first-order chi connectivity index (χ1) is 15.5. The van der Waals surface area contributed by atoms with Crippen LogP contribution in [0.5, 0.6) is 5.75 Å². The van der Waals surface area contributed by atoms with E-state index in [-0.39, 0.29) is 24.5 Å². The van der Waals surface area contributed by atoms with Crippen LogP contribution in [0.25, 0.3) is 0 Å². The topological polar surface area (TPSA) is 58.6 Å². The van der Waals surface area contributed by atoms with Crippen molar-refractivity contribution < 1.29 is 14.3 Å². The van der Waals surface area contributed by atoms with Crippen molar-refractivity contribution in [3.8, 4) is 5.75 Å². The maximum absolute atomic E-state index is 13.4. The summed E-state index contributed by atoms with van der Waals surface area (Å²) in [5, 5.41) is 2.98. The van der Waals surface area contributed by atoms with Gasteiger partial charge in [0.05, 0.1) is 0 Å². The van der Waals surface area contributed by atoms with Gasteiger partial charge in [0.1, 0.15) is 11.8 Å². The molecule has 5 heteroatoms. The Morgan fingerprint density at radius 3 is 1.91 bits per heavy atom. The van der Waals surface area contributed by atoms with Crippen LogP contribution in [0.4, 0.5) is 0 Å². The zero-order chi connectivity index (χ0) is 22.8. The first-order valence-electron chi connectivity index (χ1n) is 10.9. The highest BCUT2D eigenvalue weighted by Gasteiger charge is 2.31. The van der Waals surface area contributed by atoms with Crippen molar-refractivity contribution in [3.05, 3.63) is 102 Å². The van der Waals surface area contributed by atoms with Crippen LogP contribution in [-0.4, -0.2) is 35.4 Å². The number of benzene rings is 3. The van der Waals surface area contributed by atoms with E-state index in [2.05, 4.69) is 5.32 Å². The number of nitrogens with one attached hydrogen (secondary N) is 1. The van der Waals surface area contributed by atoms with Crippen LogP contribution in [-0.2, 0) is 22.6 Å². The van der Waals surface area contributed by atoms with Gasteiger partial charge in [0, 0.05) is 19.0 Å². The minimum atomic E-state index is -0.660. The van der Waals surface area contributed by atoms with Gasteiger partial charge in [-0.05, 0) is 37.1 Å². The summed E-state index contributed by atoms with van der Waals surface area (Å²) < 4.78 is 5.72. The Balaban J connectivity index is 1.87. The van der Waals surface area contributed by atoms with Crippen LogP contribution in [0.3, 0.4) is 0 Å². The SMILES string of the molecule is CC(C)NC(=O)[C@H](Cc1ccccc1)N(Cc1ccccc1)C(=O)COc1ccccc1. The summed E-state index contributed by atoms with van der Waals surface area (Å²) in [5.74, 6) is 0.206. The molecule has 3 aromatic rings. The zero-order valence-corrected chi connectivity index (χ0v) is 18.6. The molecule has 0 heterocycles. The highest BCUT2D eigenvalue weighted by atomic mass is 16.5. The van der Waals surface area contributed by atoms with Crippen molar-refractivity contribution in [1.29, 1.82) is 0 Å². The minimum absolute atomic E-state index is 0.0324. The zero-order valence-electron chi connectivity index (χ0n) is 18.6. The molecule has 32 heavy (non-hydrogen) atoms. The van der Waals surface area contributed by atoms with Crippen LogP contribution < -0.4 is 10.1 Å². The lowest BCUT2D eigenvalue weighted by Gasteiger charge is -2.32. The second kappa shape index (κ2) is 11.7. The predicted molar refractivity (Wildman–Crippen MR) is 126 cm³/mol. The van der Waals surface area contributed by atoms with Crippen molar-refractivity contribution in [1.82, 2.24) is 10.2 Å². The molecule has 3 aromatic carbocycles. The minimum Gasteiger partial charge on any atom is -0.484 e. The molecule has 3 rings (SSSR count). The fourth-order valence-electron chi connectivity index (χ4n) is 3.46. The van der Waals surface area contributed by atoms with Crippen molar-refractivity contribution in [2.45, 2.75) is 38.9 Å². The lowest BCUT2D eigenvalue weighted by Crippen LogP contribution is -2.52. The predicted octanol–water partition coefficient (Wildman–Crippen LogP) is 4.23. The van der Waals surface area contributed by atoms with E-state index < -0.39 is 6.04 Å². The molecule has 166 valence electrons. The first kappa shape index (κ1) is 23.1. The Morgan fingerprint density at radius 2 is 1.34 bits per heavy atom. The van der Waals surface area contributed by atoms with E-state index in [1.54, 1.807) is 4.90 Å². The lowest BCUT2D eigenvalue weighted by molar-refractivity contribution is -0.143. The normalized spacial score (nSPS) is 11.6. The molecule has 0 spiro atoms. The van der Waals surface area contributed by atoms with Crippen molar-refractivity contribution in [2.75, 3.05) is 6.61 Å².